The number of benzene rings is 1. The Morgan fingerprint density at radius 3 is 2.44 bits per heavy atom. The molecule has 0 aliphatic heterocycles. The van der Waals surface area contributed by atoms with Crippen molar-refractivity contribution < 1.29 is 19.0 Å². The third kappa shape index (κ3) is 2.28. The van der Waals surface area contributed by atoms with Crippen LogP contribution < -0.4 is 15.2 Å². The Balaban J connectivity index is 3.40. The van der Waals surface area contributed by atoms with E-state index in [2.05, 4.69) is 15.9 Å². The van der Waals surface area contributed by atoms with Crippen LogP contribution in [-0.2, 0) is 0 Å². The number of halogens is 2. The van der Waals surface area contributed by atoms with Gasteiger partial charge in [-0.3, -0.25) is 0 Å². The first-order valence-corrected chi connectivity index (χ1v) is 5.34. The Hall–Kier alpha value is -0.850. The predicted molar refractivity (Wildman–Crippen MR) is 61.2 cm³/mol. The third-order valence-corrected chi connectivity index (χ3v) is 2.74. The summed E-state index contributed by atoms with van der Waals surface area (Å²) in [4.78, 5) is 0. The lowest BCUT2D eigenvalue weighted by molar-refractivity contribution is 0.180. The fraction of sp³-hybridized carbons (Fsp3) is 0.400. The summed E-state index contributed by atoms with van der Waals surface area (Å²) in [6, 6.07) is 1.53. The minimum atomic E-state index is -0.980. The van der Waals surface area contributed by atoms with Gasteiger partial charge in [-0.2, -0.15) is 4.39 Å². The zero-order valence-corrected chi connectivity index (χ0v) is 10.5. The largest absolute Gasteiger partial charge is 0.493 e. The topological polar surface area (TPSA) is 64.7 Å². The number of rotatable bonds is 4. The highest BCUT2D eigenvalue weighted by Gasteiger charge is 2.22. The van der Waals surface area contributed by atoms with E-state index in [4.69, 9.17) is 15.2 Å². The van der Waals surface area contributed by atoms with Crippen molar-refractivity contribution in [3.05, 3.63) is 21.9 Å². The molecular weight excluding hydrogens is 281 g/mol. The van der Waals surface area contributed by atoms with Crippen molar-refractivity contribution >= 4 is 15.9 Å². The first-order chi connectivity index (χ1) is 7.56. The lowest BCUT2D eigenvalue weighted by atomic mass is 10.1. The molecule has 0 aromatic heterocycles. The number of ether oxygens (including phenoxy) is 2. The Bertz CT molecular complexity index is 387. The van der Waals surface area contributed by atoms with E-state index in [0.717, 1.165) is 0 Å². The molecule has 4 nitrogen and oxygen atoms in total. The van der Waals surface area contributed by atoms with Crippen LogP contribution in [0.15, 0.2) is 10.5 Å². The maximum atomic E-state index is 13.9. The van der Waals surface area contributed by atoms with Gasteiger partial charge < -0.3 is 20.3 Å². The molecule has 0 fully saturated rings. The molecule has 0 saturated heterocycles. The summed E-state index contributed by atoms with van der Waals surface area (Å²) in [7, 11) is 2.67. The quantitative estimate of drug-likeness (QED) is 0.885. The van der Waals surface area contributed by atoms with E-state index in [1.807, 2.05) is 0 Å². The van der Waals surface area contributed by atoms with Gasteiger partial charge in [0.05, 0.1) is 24.8 Å². The molecule has 3 N–H and O–H groups in total. The summed E-state index contributed by atoms with van der Waals surface area (Å²) in [5.41, 5.74) is 5.61. The smallest absolute Gasteiger partial charge is 0.208 e. The summed E-state index contributed by atoms with van der Waals surface area (Å²) >= 11 is 3.15. The standard InChI is InChI=1S/C10H13BrFNO3/c1-15-9-5(7(14)4-13)3-6(11)10(16-2)8(9)12/h3,7,14H,4,13H2,1-2H3. The van der Waals surface area contributed by atoms with Gasteiger partial charge in [0.25, 0.3) is 0 Å². The van der Waals surface area contributed by atoms with Gasteiger partial charge in [-0.15, -0.1) is 0 Å². The van der Waals surface area contributed by atoms with Crippen LogP contribution in [0, 0.1) is 5.82 Å². The Morgan fingerprint density at radius 2 is 2.00 bits per heavy atom. The zero-order chi connectivity index (χ0) is 12.3. The maximum Gasteiger partial charge on any atom is 0.208 e. The van der Waals surface area contributed by atoms with Gasteiger partial charge in [0.1, 0.15) is 0 Å². The van der Waals surface area contributed by atoms with Gasteiger partial charge in [-0.25, -0.2) is 0 Å². The van der Waals surface area contributed by atoms with Crippen LogP contribution in [0.1, 0.15) is 11.7 Å². The molecule has 1 rings (SSSR count). The normalized spacial score (nSPS) is 12.4. The predicted octanol–water partition coefficient (Wildman–Crippen LogP) is 1.60. The van der Waals surface area contributed by atoms with Crippen LogP contribution in [-0.4, -0.2) is 25.9 Å². The molecule has 90 valence electrons. The summed E-state index contributed by atoms with van der Waals surface area (Å²) in [6.07, 6.45) is -0.980. The second kappa shape index (κ2) is 5.47. The molecular formula is C10H13BrFNO3. The van der Waals surface area contributed by atoms with Crippen molar-refractivity contribution in [2.75, 3.05) is 20.8 Å². The molecule has 6 heteroatoms. The van der Waals surface area contributed by atoms with E-state index >= 15 is 0 Å². The molecule has 1 aromatic carbocycles. The van der Waals surface area contributed by atoms with E-state index in [9.17, 15) is 9.50 Å². The SMILES string of the molecule is COc1c(Br)cc(C(O)CN)c(OC)c1F. The molecule has 0 radical (unpaired) electrons. The first kappa shape index (κ1) is 13.2. The molecule has 0 aliphatic rings. The van der Waals surface area contributed by atoms with Crippen molar-refractivity contribution in [1.29, 1.82) is 0 Å². The molecule has 0 bridgehead atoms. The zero-order valence-electron chi connectivity index (χ0n) is 8.96. The fourth-order valence-electron chi connectivity index (χ4n) is 1.37. The molecule has 1 aromatic rings. The summed E-state index contributed by atoms with van der Waals surface area (Å²) in [6.45, 7) is -0.0193. The van der Waals surface area contributed by atoms with Gasteiger partial charge in [0.2, 0.25) is 5.82 Å². The van der Waals surface area contributed by atoms with E-state index in [1.54, 1.807) is 0 Å². The van der Waals surface area contributed by atoms with Crippen LogP contribution in [0.5, 0.6) is 11.5 Å². The lowest BCUT2D eigenvalue weighted by Crippen LogP contribution is -2.13. The van der Waals surface area contributed by atoms with Crippen molar-refractivity contribution in [2.24, 2.45) is 5.73 Å². The number of nitrogens with two attached hydrogens (primary N) is 1. The van der Waals surface area contributed by atoms with Crippen LogP contribution in [0.25, 0.3) is 0 Å². The Morgan fingerprint density at radius 1 is 1.44 bits per heavy atom. The summed E-state index contributed by atoms with van der Waals surface area (Å²) < 4.78 is 24.0. The second-order valence-corrected chi connectivity index (χ2v) is 3.93. The van der Waals surface area contributed by atoms with Crippen molar-refractivity contribution in [1.82, 2.24) is 0 Å². The number of methoxy groups -OCH3 is 2. The third-order valence-electron chi connectivity index (χ3n) is 2.15. The first-order valence-electron chi connectivity index (χ1n) is 4.54. The minimum absolute atomic E-state index is 0.0193. The van der Waals surface area contributed by atoms with Gasteiger partial charge in [-0.1, -0.05) is 0 Å². The molecule has 0 heterocycles. The van der Waals surface area contributed by atoms with Crippen molar-refractivity contribution in [2.45, 2.75) is 6.10 Å². The highest BCUT2D eigenvalue weighted by Crippen LogP contribution is 2.39. The average molecular weight is 294 g/mol. The van der Waals surface area contributed by atoms with Gasteiger partial charge in [0, 0.05) is 12.1 Å². The van der Waals surface area contributed by atoms with Crippen LogP contribution in [0.4, 0.5) is 4.39 Å². The number of hydrogen-bond acceptors (Lipinski definition) is 4. The van der Waals surface area contributed by atoms with Crippen LogP contribution in [0.3, 0.4) is 0 Å². The highest BCUT2D eigenvalue weighted by atomic mass is 79.9. The number of aliphatic hydroxyl groups excluding tert-OH is 1. The monoisotopic (exact) mass is 293 g/mol. The fourth-order valence-corrected chi connectivity index (χ4v) is 1.95. The van der Waals surface area contributed by atoms with E-state index in [-0.39, 0.29) is 23.6 Å². The number of aliphatic hydroxyl groups is 1. The maximum absolute atomic E-state index is 13.9. The van der Waals surface area contributed by atoms with Crippen LogP contribution >= 0.6 is 15.9 Å². The highest BCUT2D eigenvalue weighted by molar-refractivity contribution is 9.10. The molecule has 1 unspecified atom stereocenters. The van der Waals surface area contributed by atoms with Gasteiger partial charge >= 0.3 is 0 Å². The summed E-state index contributed by atoms with van der Waals surface area (Å²) in [5, 5.41) is 9.62. The van der Waals surface area contributed by atoms with E-state index < -0.39 is 11.9 Å². The Labute approximate surface area is 101 Å². The van der Waals surface area contributed by atoms with Crippen molar-refractivity contribution in [3.8, 4) is 11.5 Å². The molecule has 0 spiro atoms. The molecule has 16 heavy (non-hydrogen) atoms. The number of hydrogen-bond donors (Lipinski definition) is 2. The van der Waals surface area contributed by atoms with E-state index in [0.29, 0.717) is 4.47 Å². The minimum Gasteiger partial charge on any atom is -0.493 e. The van der Waals surface area contributed by atoms with Crippen molar-refractivity contribution in [3.63, 3.8) is 0 Å². The summed E-state index contributed by atoms with van der Waals surface area (Å²) in [5.74, 6) is -0.690. The molecule has 0 amide bonds. The lowest BCUT2D eigenvalue weighted by Gasteiger charge is -2.16. The molecule has 1 atom stereocenters. The van der Waals surface area contributed by atoms with Crippen LogP contribution in [0.2, 0.25) is 0 Å². The second-order valence-electron chi connectivity index (χ2n) is 3.08. The average Bonchev–Trinajstić information content (AvgIpc) is 2.28. The van der Waals surface area contributed by atoms with Gasteiger partial charge in [-0.05, 0) is 22.0 Å². The molecule has 0 saturated carbocycles. The Kier molecular flexibility index (Phi) is 4.52. The van der Waals surface area contributed by atoms with Gasteiger partial charge in [0.15, 0.2) is 11.5 Å². The van der Waals surface area contributed by atoms with E-state index in [1.165, 1.54) is 20.3 Å². The molecule has 0 aliphatic carbocycles.